The maximum Gasteiger partial charge on any atom is 0.216 e. The van der Waals surface area contributed by atoms with Crippen molar-refractivity contribution in [2.75, 3.05) is 0 Å². The predicted molar refractivity (Wildman–Crippen MR) is 96.5 cm³/mol. The molecule has 3 rings (SSSR count). The van der Waals surface area contributed by atoms with Gasteiger partial charge in [0.15, 0.2) is 5.82 Å². The minimum absolute atomic E-state index is 0.474. The molecule has 5 heteroatoms. The van der Waals surface area contributed by atoms with Gasteiger partial charge in [0, 0.05) is 5.56 Å². The molecular weight excluding hydrogens is 304 g/mol. The maximum absolute atomic E-state index is 5.30. The monoisotopic (exact) mass is 322 g/mol. The van der Waals surface area contributed by atoms with E-state index in [4.69, 9.17) is 12.2 Å². The summed E-state index contributed by atoms with van der Waals surface area (Å²) in [5.41, 5.74) is 5.76. The Morgan fingerprint density at radius 3 is 2.48 bits per heavy atom. The number of H-pyrrole nitrogens is 1. The maximum atomic E-state index is 5.30. The Morgan fingerprint density at radius 2 is 1.74 bits per heavy atom. The van der Waals surface area contributed by atoms with E-state index in [1.165, 1.54) is 16.7 Å². The molecule has 0 radical (unpaired) electrons. The highest BCUT2D eigenvalue weighted by molar-refractivity contribution is 7.71. The van der Waals surface area contributed by atoms with Gasteiger partial charge < -0.3 is 0 Å². The number of rotatable bonds is 3. The highest BCUT2D eigenvalue weighted by atomic mass is 32.1. The number of nitrogens with zero attached hydrogens (tertiary/aromatic N) is 3. The second-order valence-corrected chi connectivity index (χ2v) is 5.95. The van der Waals surface area contributed by atoms with Crippen LogP contribution >= 0.6 is 12.2 Å². The van der Waals surface area contributed by atoms with Crippen molar-refractivity contribution in [3.8, 4) is 11.4 Å². The number of aromatic nitrogens is 3. The number of nitrogens with one attached hydrogen (secondary N) is 1. The van der Waals surface area contributed by atoms with Gasteiger partial charge in [-0.15, -0.1) is 0 Å². The lowest BCUT2D eigenvalue weighted by Gasteiger charge is -2.06. The van der Waals surface area contributed by atoms with Crippen LogP contribution in [0.5, 0.6) is 0 Å². The van der Waals surface area contributed by atoms with E-state index in [0.717, 1.165) is 11.1 Å². The second kappa shape index (κ2) is 6.30. The smallest absolute Gasteiger partial charge is 0.216 e. The summed E-state index contributed by atoms with van der Waals surface area (Å²) >= 11 is 5.30. The molecule has 0 aliphatic carbocycles. The predicted octanol–water partition coefficient (Wildman–Crippen LogP) is 4.42. The number of aryl methyl sites for hydroxylation is 3. The van der Waals surface area contributed by atoms with Crippen molar-refractivity contribution in [1.82, 2.24) is 14.9 Å². The molecule has 0 unspecified atom stereocenters. The summed E-state index contributed by atoms with van der Waals surface area (Å²) in [6, 6.07) is 14.2. The molecule has 0 bridgehead atoms. The van der Waals surface area contributed by atoms with E-state index < -0.39 is 0 Å². The largest absolute Gasteiger partial charge is 0.250 e. The molecule has 4 nitrogen and oxygen atoms in total. The van der Waals surface area contributed by atoms with Gasteiger partial charge in [0.2, 0.25) is 4.77 Å². The Balaban J connectivity index is 2.03. The summed E-state index contributed by atoms with van der Waals surface area (Å²) in [4.78, 5) is 0. The molecule has 1 N–H and O–H groups in total. The van der Waals surface area contributed by atoms with Crippen LogP contribution in [0.4, 0.5) is 0 Å². The number of hydrogen-bond acceptors (Lipinski definition) is 3. The molecule has 1 heterocycles. The Morgan fingerprint density at radius 1 is 1.04 bits per heavy atom. The molecule has 0 aliphatic heterocycles. The molecule has 0 saturated heterocycles. The van der Waals surface area contributed by atoms with Crippen LogP contribution in [0.25, 0.3) is 11.4 Å². The summed E-state index contributed by atoms with van der Waals surface area (Å²) < 4.78 is 2.13. The van der Waals surface area contributed by atoms with Crippen LogP contribution in [0, 0.1) is 25.5 Å². The molecule has 3 aromatic rings. The molecule has 0 fully saturated rings. The first kappa shape index (κ1) is 15.4. The van der Waals surface area contributed by atoms with E-state index in [1.54, 1.807) is 4.68 Å². The van der Waals surface area contributed by atoms with Crippen LogP contribution in [0.1, 0.15) is 22.3 Å². The van der Waals surface area contributed by atoms with E-state index in [9.17, 15) is 0 Å². The summed E-state index contributed by atoms with van der Waals surface area (Å²) in [7, 11) is 0. The van der Waals surface area contributed by atoms with Gasteiger partial charge in [-0.2, -0.15) is 14.9 Å². The van der Waals surface area contributed by atoms with E-state index in [0.29, 0.717) is 10.6 Å². The standard InChI is InChI=1S/C18H18N4S/c1-12-9-14(3)16(10-13(12)2)11-19-22-17(20-21-18(22)23)15-7-5-4-6-8-15/h4-11H,1-3H3,(H,21,23)/b19-11+. The fourth-order valence-electron chi connectivity index (χ4n) is 2.41. The molecule has 2 aromatic carbocycles. The summed E-state index contributed by atoms with van der Waals surface area (Å²) in [6.45, 7) is 6.30. The van der Waals surface area contributed by atoms with Crippen LogP contribution in [0.3, 0.4) is 0 Å². The molecule has 0 aliphatic rings. The van der Waals surface area contributed by atoms with Gasteiger partial charge in [0.25, 0.3) is 0 Å². The summed E-state index contributed by atoms with van der Waals surface area (Å²) in [5, 5.41) is 11.6. The van der Waals surface area contributed by atoms with Crippen molar-refractivity contribution in [1.29, 1.82) is 0 Å². The molecule has 0 saturated carbocycles. The molecule has 23 heavy (non-hydrogen) atoms. The van der Waals surface area contributed by atoms with Gasteiger partial charge in [0.05, 0.1) is 6.21 Å². The quantitative estimate of drug-likeness (QED) is 0.573. The average molecular weight is 322 g/mol. The van der Waals surface area contributed by atoms with Gasteiger partial charge in [-0.3, -0.25) is 0 Å². The van der Waals surface area contributed by atoms with Crippen molar-refractivity contribution in [2.45, 2.75) is 20.8 Å². The van der Waals surface area contributed by atoms with Crippen molar-refractivity contribution in [3.05, 3.63) is 69.5 Å². The number of hydrogen-bond donors (Lipinski definition) is 1. The van der Waals surface area contributed by atoms with E-state index in [1.807, 2.05) is 36.5 Å². The Kier molecular flexibility index (Phi) is 4.21. The van der Waals surface area contributed by atoms with Crippen LogP contribution in [-0.2, 0) is 0 Å². The molecular formula is C18H18N4S. The van der Waals surface area contributed by atoms with Gasteiger partial charge in [-0.25, -0.2) is 5.10 Å². The average Bonchev–Trinajstić information content (AvgIpc) is 2.91. The van der Waals surface area contributed by atoms with Crippen LogP contribution < -0.4 is 0 Å². The van der Waals surface area contributed by atoms with E-state index in [2.05, 4.69) is 48.2 Å². The van der Waals surface area contributed by atoms with Gasteiger partial charge in [-0.05, 0) is 61.3 Å². The lowest BCUT2D eigenvalue weighted by molar-refractivity contribution is 0.871. The van der Waals surface area contributed by atoms with E-state index in [-0.39, 0.29) is 0 Å². The van der Waals surface area contributed by atoms with Crippen LogP contribution in [0.15, 0.2) is 47.6 Å². The zero-order valence-corrected chi connectivity index (χ0v) is 14.2. The second-order valence-electron chi connectivity index (χ2n) is 5.57. The van der Waals surface area contributed by atoms with Gasteiger partial charge in [0.1, 0.15) is 0 Å². The minimum atomic E-state index is 0.474. The summed E-state index contributed by atoms with van der Waals surface area (Å²) in [6.07, 6.45) is 1.83. The topological polar surface area (TPSA) is 46.0 Å². The van der Waals surface area contributed by atoms with Crippen molar-refractivity contribution in [3.63, 3.8) is 0 Å². The van der Waals surface area contributed by atoms with Crippen LogP contribution in [-0.4, -0.2) is 21.1 Å². The van der Waals surface area contributed by atoms with Gasteiger partial charge >= 0.3 is 0 Å². The highest BCUT2D eigenvalue weighted by Gasteiger charge is 2.07. The molecule has 0 atom stereocenters. The van der Waals surface area contributed by atoms with Crippen molar-refractivity contribution >= 4 is 18.4 Å². The first-order valence-corrected chi connectivity index (χ1v) is 7.82. The normalized spacial score (nSPS) is 11.3. The fourth-order valence-corrected chi connectivity index (χ4v) is 2.59. The highest BCUT2D eigenvalue weighted by Crippen LogP contribution is 2.17. The molecule has 116 valence electrons. The molecule has 1 aromatic heterocycles. The zero-order chi connectivity index (χ0) is 16.4. The third kappa shape index (κ3) is 3.14. The molecule has 0 spiro atoms. The van der Waals surface area contributed by atoms with Gasteiger partial charge in [-0.1, -0.05) is 36.4 Å². The number of benzene rings is 2. The fraction of sp³-hybridized carbons (Fsp3) is 0.167. The number of aromatic amines is 1. The minimum Gasteiger partial charge on any atom is -0.250 e. The lowest BCUT2D eigenvalue weighted by Crippen LogP contribution is -1.97. The third-order valence-electron chi connectivity index (χ3n) is 3.88. The van der Waals surface area contributed by atoms with Crippen molar-refractivity contribution < 1.29 is 0 Å². The Hall–Kier alpha value is -2.53. The Bertz CT molecular complexity index is 920. The zero-order valence-electron chi connectivity index (χ0n) is 13.4. The first-order valence-electron chi connectivity index (χ1n) is 7.41. The first-order chi connectivity index (χ1) is 11.1. The summed E-state index contributed by atoms with van der Waals surface area (Å²) in [5.74, 6) is 0.702. The molecule has 0 amide bonds. The van der Waals surface area contributed by atoms with E-state index >= 15 is 0 Å². The van der Waals surface area contributed by atoms with Crippen molar-refractivity contribution in [2.24, 2.45) is 5.10 Å². The third-order valence-corrected chi connectivity index (χ3v) is 4.14. The SMILES string of the molecule is Cc1cc(C)c(/C=N/n2c(-c3ccccc3)n[nH]c2=S)cc1C. The van der Waals surface area contributed by atoms with Crippen LogP contribution in [0.2, 0.25) is 0 Å². The Labute approximate surface area is 140 Å². The lowest BCUT2D eigenvalue weighted by atomic mass is 10.0.